The van der Waals surface area contributed by atoms with E-state index >= 15 is 0 Å². The summed E-state index contributed by atoms with van der Waals surface area (Å²) in [6.45, 7) is 2.24. The van der Waals surface area contributed by atoms with Crippen LogP contribution in [0.15, 0.2) is 53.3 Å². The van der Waals surface area contributed by atoms with Crippen LogP contribution in [-0.2, 0) is 24.4 Å². The van der Waals surface area contributed by atoms with Crippen molar-refractivity contribution in [2.75, 3.05) is 12.0 Å². The van der Waals surface area contributed by atoms with Crippen LogP contribution in [0.2, 0.25) is 0 Å². The number of anilines is 1. The number of nitrogens with zero attached hydrogens (tertiary/aromatic N) is 4. The monoisotopic (exact) mass is 407 g/mol. The molecule has 9 nitrogen and oxygen atoms in total. The van der Waals surface area contributed by atoms with Crippen molar-refractivity contribution in [3.05, 3.63) is 76.0 Å². The number of carbonyl (C=O) groups is 2. The zero-order valence-electron chi connectivity index (χ0n) is 16.7. The highest BCUT2D eigenvalue weighted by Crippen LogP contribution is 2.24. The summed E-state index contributed by atoms with van der Waals surface area (Å²) in [7, 11) is 1.56. The second kappa shape index (κ2) is 7.86. The summed E-state index contributed by atoms with van der Waals surface area (Å²) >= 11 is 0. The summed E-state index contributed by atoms with van der Waals surface area (Å²) in [6.07, 6.45) is 0. The number of fused-ring (bicyclic) bond motifs is 1. The topological polar surface area (TPSA) is 98.5 Å². The molecule has 0 aliphatic carbocycles. The van der Waals surface area contributed by atoms with Crippen LogP contribution in [0.3, 0.4) is 0 Å². The molecular formula is C21H21N5O4. The molecule has 1 aliphatic rings. The molecular weight excluding hydrogens is 386 g/mol. The third-order valence-electron chi connectivity index (χ3n) is 4.92. The maximum absolute atomic E-state index is 12.7. The van der Waals surface area contributed by atoms with E-state index in [0.29, 0.717) is 23.8 Å². The number of hydrogen-bond donors (Lipinski definition) is 1. The van der Waals surface area contributed by atoms with Crippen LogP contribution in [0.1, 0.15) is 17.0 Å². The molecule has 0 saturated carbocycles. The van der Waals surface area contributed by atoms with Crippen LogP contribution in [0.25, 0.3) is 0 Å². The third kappa shape index (κ3) is 3.69. The standard InChI is InChI=1S/C21H21N5O4/c1-14-3-5-15(6-4-14)11-22-19(27)13-25-21(29)26-18(23-25)12-24(20(26)28)16-7-9-17(30-2)10-8-16/h3-10H,11-13H2,1-2H3,(H,22,27). The highest BCUT2D eigenvalue weighted by Gasteiger charge is 2.33. The molecule has 4 rings (SSSR count). The van der Waals surface area contributed by atoms with Crippen molar-refractivity contribution in [2.45, 2.75) is 26.6 Å². The highest BCUT2D eigenvalue weighted by atomic mass is 16.5. The Bertz CT molecular complexity index is 1150. The Morgan fingerprint density at radius 2 is 1.80 bits per heavy atom. The van der Waals surface area contributed by atoms with Crippen molar-refractivity contribution >= 4 is 17.6 Å². The van der Waals surface area contributed by atoms with E-state index in [1.807, 2.05) is 31.2 Å². The average Bonchev–Trinajstić information content (AvgIpc) is 3.24. The minimum Gasteiger partial charge on any atom is -0.497 e. The van der Waals surface area contributed by atoms with Gasteiger partial charge in [-0.1, -0.05) is 29.8 Å². The number of carbonyl (C=O) groups excluding carboxylic acids is 2. The summed E-state index contributed by atoms with van der Waals surface area (Å²) in [5, 5.41) is 6.94. The summed E-state index contributed by atoms with van der Waals surface area (Å²) in [4.78, 5) is 39.0. The number of methoxy groups -OCH3 is 1. The summed E-state index contributed by atoms with van der Waals surface area (Å²) in [6, 6.07) is 14.2. The van der Waals surface area contributed by atoms with E-state index in [0.717, 1.165) is 20.4 Å². The number of aryl methyl sites for hydroxylation is 1. The molecule has 0 atom stereocenters. The van der Waals surface area contributed by atoms with Crippen LogP contribution in [0, 0.1) is 6.92 Å². The molecule has 0 fully saturated rings. The van der Waals surface area contributed by atoms with Crippen molar-refractivity contribution in [1.29, 1.82) is 0 Å². The number of amides is 2. The zero-order chi connectivity index (χ0) is 21.3. The fraction of sp³-hybridized carbons (Fsp3) is 0.238. The molecule has 0 unspecified atom stereocenters. The first-order valence-corrected chi connectivity index (χ1v) is 9.43. The van der Waals surface area contributed by atoms with Gasteiger partial charge < -0.3 is 10.1 Å². The van der Waals surface area contributed by atoms with Gasteiger partial charge in [-0.05, 0) is 36.8 Å². The predicted octanol–water partition coefficient (Wildman–Crippen LogP) is 1.67. The molecule has 1 N–H and O–H groups in total. The van der Waals surface area contributed by atoms with Crippen molar-refractivity contribution < 1.29 is 14.3 Å². The normalized spacial score (nSPS) is 12.7. The first-order chi connectivity index (χ1) is 14.5. The minimum atomic E-state index is -0.628. The van der Waals surface area contributed by atoms with Crippen molar-refractivity contribution in [3.63, 3.8) is 0 Å². The molecule has 1 aliphatic heterocycles. The minimum absolute atomic E-state index is 0.151. The summed E-state index contributed by atoms with van der Waals surface area (Å²) in [5.41, 5.74) is 2.10. The highest BCUT2D eigenvalue weighted by molar-refractivity contribution is 5.96. The van der Waals surface area contributed by atoms with Gasteiger partial charge in [-0.15, -0.1) is 0 Å². The Morgan fingerprint density at radius 1 is 1.10 bits per heavy atom. The van der Waals surface area contributed by atoms with Gasteiger partial charge in [0.05, 0.1) is 13.7 Å². The average molecular weight is 407 g/mol. The first-order valence-electron chi connectivity index (χ1n) is 9.43. The van der Waals surface area contributed by atoms with Crippen LogP contribution < -0.4 is 20.6 Å². The number of nitrogens with one attached hydrogen (secondary N) is 1. The Kier molecular flexibility index (Phi) is 5.09. The number of aromatic nitrogens is 3. The fourth-order valence-corrected chi connectivity index (χ4v) is 3.24. The molecule has 9 heteroatoms. The Hall–Kier alpha value is -3.88. The van der Waals surface area contributed by atoms with E-state index in [1.165, 1.54) is 4.90 Å². The number of benzene rings is 2. The lowest BCUT2D eigenvalue weighted by atomic mass is 10.1. The summed E-state index contributed by atoms with van der Waals surface area (Å²) < 4.78 is 7.13. The lowest BCUT2D eigenvalue weighted by molar-refractivity contribution is -0.122. The second-order valence-corrected chi connectivity index (χ2v) is 7.02. The van der Waals surface area contributed by atoms with Gasteiger partial charge in [0.2, 0.25) is 5.91 Å². The largest absolute Gasteiger partial charge is 0.497 e. The first kappa shape index (κ1) is 19.4. The SMILES string of the molecule is COc1ccc(N2Cc3nn(CC(=O)NCc4ccc(C)cc4)c(=O)n3C2=O)cc1. The van der Waals surface area contributed by atoms with E-state index in [4.69, 9.17) is 4.74 Å². The van der Waals surface area contributed by atoms with E-state index in [9.17, 15) is 14.4 Å². The predicted molar refractivity (Wildman–Crippen MR) is 109 cm³/mol. The molecule has 30 heavy (non-hydrogen) atoms. The van der Waals surface area contributed by atoms with E-state index in [1.54, 1.807) is 31.4 Å². The molecule has 1 aromatic heterocycles. The van der Waals surface area contributed by atoms with Gasteiger partial charge in [-0.25, -0.2) is 14.3 Å². The smallest absolute Gasteiger partial charge is 0.354 e. The van der Waals surface area contributed by atoms with E-state index in [2.05, 4.69) is 10.4 Å². The maximum atomic E-state index is 12.7. The molecule has 2 heterocycles. The molecule has 154 valence electrons. The van der Waals surface area contributed by atoms with E-state index in [-0.39, 0.29) is 19.0 Å². The van der Waals surface area contributed by atoms with Crippen LogP contribution in [0.4, 0.5) is 10.5 Å². The van der Waals surface area contributed by atoms with Crippen LogP contribution >= 0.6 is 0 Å². The fourth-order valence-electron chi connectivity index (χ4n) is 3.24. The van der Waals surface area contributed by atoms with Gasteiger partial charge >= 0.3 is 11.7 Å². The van der Waals surface area contributed by atoms with Gasteiger partial charge in [0.25, 0.3) is 0 Å². The molecule has 2 aromatic carbocycles. The van der Waals surface area contributed by atoms with Crippen LogP contribution in [0.5, 0.6) is 5.75 Å². The lowest BCUT2D eigenvalue weighted by Crippen LogP contribution is -2.37. The Labute approximate surface area is 172 Å². The van der Waals surface area contributed by atoms with Crippen molar-refractivity contribution in [2.24, 2.45) is 0 Å². The van der Waals surface area contributed by atoms with Gasteiger partial charge in [0.1, 0.15) is 12.3 Å². The number of rotatable bonds is 6. The van der Waals surface area contributed by atoms with Crippen LogP contribution in [-0.4, -0.2) is 33.4 Å². The molecule has 0 bridgehead atoms. The maximum Gasteiger partial charge on any atom is 0.354 e. The second-order valence-electron chi connectivity index (χ2n) is 7.02. The molecule has 2 amide bonds. The molecule has 3 aromatic rings. The Balaban J connectivity index is 1.43. The number of ether oxygens (including phenoxy) is 1. The third-order valence-corrected chi connectivity index (χ3v) is 4.92. The van der Waals surface area contributed by atoms with E-state index < -0.39 is 11.7 Å². The molecule has 0 radical (unpaired) electrons. The quantitative estimate of drug-likeness (QED) is 0.670. The lowest BCUT2D eigenvalue weighted by Gasteiger charge is -2.15. The molecule has 0 saturated heterocycles. The van der Waals surface area contributed by atoms with Crippen molar-refractivity contribution in [1.82, 2.24) is 19.7 Å². The van der Waals surface area contributed by atoms with Gasteiger partial charge in [-0.3, -0.25) is 9.69 Å². The van der Waals surface area contributed by atoms with Gasteiger partial charge in [-0.2, -0.15) is 9.67 Å². The number of hydrogen-bond acceptors (Lipinski definition) is 5. The van der Waals surface area contributed by atoms with Crippen molar-refractivity contribution in [3.8, 4) is 5.75 Å². The van der Waals surface area contributed by atoms with Gasteiger partial charge in [0.15, 0.2) is 5.82 Å². The molecule has 0 spiro atoms. The van der Waals surface area contributed by atoms with Gasteiger partial charge in [0, 0.05) is 12.2 Å². The Morgan fingerprint density at radius 3 is 2.43 bits per heavy atom. The zero-order valence-corrected chi connectivity index (χ0v) is 16.7. The summed E-state index contributed by atoms with van der Waals surface area (Å²) in [5.74, 6) is 0.614.